The van der Waals surface area contributed by atoms with Crippen molar-refractivity contribution in [2.24, 2.45) is 5.92 Å². The molecule has 18 heavy (non-hydrogen) atoms. The lowest BCUT2D eigenvalue weighted by Crippen LogP contribution is -2.49. The first-order chi connectivity index (χ1) is 8.70. The highest BCUT2D eigenvalue weighted by Crippen LogP contribution is 2.29. The van der Waals surface area contributed by atoms with Gasteiger partial charge in [0.25, 0.3) is 0 Å². The summed E-state index contributed by atoms with van der Waals surface area (Å²) >= 11 is 0. The first kappa shape index (κ1) is 14.3. The second-order valence-electron chi connectivity index (χ2n) is 5.78. The molecular weight excluding hydrogens is 230 g/mol. The number of hydrogen-bond donors (Lipinski definition) is 0. The van der Waals surface area contributed by atoms with Crippen LogP contribution in [0.25, 0.3) is 0 Å². The van der Waals surface area contributed by atoms with Crippen molar-refractivity contribution in [3.63, 3.8) is 0 Å². The summed E-state index contributed by atoms with van der Waals surface area (Å²) in [6.07, 6.45) is 3.35. The Morgan fingerprint density at radius 3 is 2.72 bits per heavy atom. The Balaban J connectivity index is 1.61. The number of likely N-dealkylation sites (tertiary alicyclic amines) is 1. The standard InChI is InChI=1S/C14H27NO3/c1-13(2)4-8-16-9-7-15-6-3-5-14(12-15)17-10-11-18-14/h13H,3-12H2,1-2H3. The number of ether oxygens (including phenoxy) is 3. The van der Waals surface area contributed by atoms with E-state index in [9.17, 15) is 0 Å². The maximum atomic E-state index is 5.77. The molecule has 2 rings (SSSR count). The van der Waals surface area contributed by atoms with Gasteiger partial charge in [-0.2, -0.15) is 0 Å². The molecule has 0 aliphatic carbocycles. The first-order valence-corrected chi connectivity index (χ1v) is 7.28. The van der Waals surface area contributed by atoms with Gasteiger partial charge < -0.3 is 14.2 Å². The number of hydrogen-bond acceptors (Lipinski definition) is 4. The first-order valence-electron chi connectivity index (χ1n) is 7.28. The predicted molar refractivity (Wildman–Crippen MR) is 70.6 cm³/mol. The summed E-state index contributed by atoms with van der Waals surface area (Å²) in [7, 11) is 0. The lowest BCUT2D eigenvalue weighted by atomic mass is 10.0. The molecule has 106 valence electrons. The molecule has 4 heteroatoms. The summed E-state index contributed by atoms with van der Waals surface area (Å²) < 4.78 is 17.2. The fourth-order valence-corrected chi connectivity index (χ4v) is 2.61. The van der Waals surface area contributed by atoms with Gasteiger partial charge in [-0.05, 0) is 25.3 Å². The highest BCUT2D eigenvalue weighted by Gasteiger charge is 2.40. The fraction of sp³-hybridized carbons (Fsp3) is 1.00. The minimum atomic E-state index is -0.295. The molecule has 1 spiro atoms. The molecule has 0 atom stereocenters. The Bertz CT molecular complexity index is 239. The van der Waals surface area contributed by atoms with Crippen LogP contribution in [-0.2, 0) is 14.2 Å². The molecule has 2 saturated heterocycles. The van der Waals surface area contributed by atoms with Crippen LogP contribution in [0.5, 0.6) is 0 Å². The summed E-state index contributed by atoms with van der Waals surface area (Å²) in [5.74, 6) is 0.430. The highest BCUT2D eigenvalue weighted by atomic mass is 16.7. The van der Waals surface area contributed by atoms with E-state index in [1.54, 1.807) is 0 Å². The SMILES string of the molecule is CC(C)CCOCCN1CCCC2(C1)OCCO2. The van der Waals surface area contributed by atoms with Gasteiger partial charge in [-0.15, -0.1) is 0 Å². The van der Waals surface area contributed by atoms with Gasteiger partial charge in [0.2, 0.25) is 0 Å². The van der Waals surface area contributed by atoms with E-state index in [0.29, 0.717) is 0 Å². The summed E-state index contributed by atoms with van der Waals surface area (Å²) in [6.45, 7) is 10.7. The van der Waals surface area contributed by atoms with Gasteiger partial charge in [0, 0.05) is 19.6 Å². The molecule has 2 aliphatic rings. The normalized spacial score (nSPS) is 24.2. The van der Waals surface area contributed by atoms with Crippen molar-refractivity contribution in [2.45, 2.75) is 38.9 Å². The second kappa shape index (κ2) is 6.85. The second-order valence-corrected chi connectivity index (χ2v) is 5.78. The quantitative estimate of drug-likeness (QED) is 0.680. The average molecular weight is 257 g/mol. The Kier molecular flexibility index (Phi) is 5.42. The largest absolute Gasteiger partial charge is 0.380 e. The van der Waals surface area contributed by atoms with E-state index in [0.717, 1.165) is 71.2 Å². The lowest BCUT2D eigenvalue weighted by molar-refractivity contribution is -0.190. The molecule has 0 saturated carbocycles. The van der Waals surface area contributed by atoms with Crippen LogP contribution in [-0.4, -0.2) is 56.7 Å². The summed E-state index contributed by atoms with van der Waals surface area (Å²) in [4.78, 5) is 2.41. The van der Waals surface area contributed by atoms with Crippen molar-refractivity contribution >= 4 is 0 Å². The molecule has 2 heterocycles. The van der Waals surface area contributed by atoms with E-state index >= 15 is 0 Å². The zero-order chi connectivity index (χ0) is 12.8. The molecule has 0 N–H and O–H groups in total. The van der Waals surface area contributed by atoms with Gasteiger partial charge in [0.1, 0.15) is 0 Å². The van der Waals surface area contributed by atoms with E-state index < -0.39 is 0 Å². The summed E-state index contributed by atoms with van der Waals surface area (Å²) in [5.41, 5.74) is 0. The van der Waals surface area contributed by atoms with E-state index in [1.807, 2.05) is 0 Å². The minimum Gasteiger partial charge on any atom is -0.380 e. The third-order valence-corrected chi connectivity index (χ3v) is 3.70. The molecule has 0 aromatic rings. The van der Waals surface area contributed by atoms with Gasteiger partial charge in [-0.1, -0.05) is 13.8 Å². The van der Waals surface area contributed by atoms with E-state index in [-0.39, 0.29) is 5.79 Å². The van der Waals surface area contributed by atoms with Crippen LogP contribution in [0.3, 0.4) is 0 Å². The molecule has 4 nitrogen and oxygen atoms in total. The predicted octanol–water partition coefficient (Wildman–Crippen LogP) is 1.89. The molecule has 2 fully saturated rings. The van der Waals surface area contributed by atoms with Crippen molar-refractivity contribution in [1.29, 1.82) is 0 Å². The fourth-order valence-electron chi connectivity index (χ4n) is 2.61. The molecule has 0 radical (unpaired) electrons. The minimum absolute atomic E-state index is 0.295. The van der Waals surface area contributed by atoms with Crippen LogP contribution in [0.4, 0.5) is 0 Å². The van der Waals surface area contributed by atoms with Crippen LogP contribution in [0.2, 0.25) is 0 Å². The van der Waals surface area contributed by atoms with E-state index in [1.165, 1.54) is 0 Å². The maximum absolute atomic E-state index is 5.77. The molecule has 0 aromatic heterocycles. The lowest BCUT2D eigenvalue weighted by Gasteiger charge is -2.38. The number of nitrogens with zero attached hydrogens (tertiary/aromatic N) is 1. The van der Waals surface area contributed by atoms with Crippen LogP contribution in [0.1, 0.15) is 33.1 Å². The van der Waals surface area contributed by atoms with Gasteiger partial charge in [-0.25, -0.2) is 0 Å². The zero-order valence-corrected chi connectivity index (χ0v) is 11.8. The van der Waals surface area contributed by atoms with Crippen LogP contribution in [0, 0.1) is 5.92 Å². The van der Waals surface area contributed by atoms with Crippen LogP contribution in [0.15, 0.2) is 0 Å². The molecule has 0 unspecified atom stereocenters. The maximum Gasteiger partial charge on any atom is 0.181 e. The molecule has 0 amide bonds. The third kappa shape index (κ3) is 4.19. The van der Waals surface area contributed by atoms with Crippen molar-refractivity contribution in [3.8, 4) is 0 Å². The van der Waals surface area contributed by atoms with Crippen LogP contribution < -0.4 is 0 Å². The zero-order valence-electron chi connectivity index (χ0n) is 11.8. The number of rotatable bonds is 6. The van der Waals surface area contributed by atoms with Gasteiger partial charge in [0.15, 0.2) is 5.79 Å². The summed E-state index contributed by atoms with van der Waals surface area (Å²) in [6, 6.07) is 0. The van der Waals surface area contributed by atoms with Gasteiger partial charge in [0.05, 0.1) is 26.4 Å². The Morgan fingerprint density at radius 2 is 2.00 bits per heavy atom. The van der Waals surface area contributed by atoms with E-state index in [2.05, 4.69) is 18.7 Å². The van der Waals surface area contributed by atoms with Gasteiger partial charge >= 0.3 is 0 Å². The summed E-state index contributed by atoms with van der Waals surface area (Å²) in [5, 5.41) is 0. The monoisotopic (exact) mass is 257 g/mol. The van der Waals surface area contributed by atoms with E-state index in [4.69, 9.17) is 14.2 Å². The Labute approximate surface area is 111 Å². The Hall–Kier alpha value is -0.160. The van der Waals surface area contributed by atoms with Gasteiger partial charge in [-0.3, -0.25) is 4.90 Å². The molecule has 0 aromatic carbocycles. The van der Waals surface area contributed by atoms with Crippen molar-refractivity contribution in [1.82, 2.24) is 4.90 Å². The topological polar surface area (TPSA) is 30.9 Å². The van der Waals surface area contributed by atoms with Crippen molar-refractivity contribution in [2.75, 3.05) is 46.1 Å². The smallest absolute Gasteiger partial charge is 0.181 e. The third-order valence-electron chi connectivity index (χ3n) is 3.70. The van der Waals surface area contributed by atoms with Crippen LogP contribution >= 0.6 is 0 Å². The molecule has 2 aliphatic heterocycles. The molecule has 0 bridgehead atoms. The van der Waals surface area contributed by atoms with Crippen molar-refractivity contribution in [3.05, 3.63) is 0 Å². The number of piperidine rings is 1. The average Bonchev–Trinajstić information content (AvgIpc) is 2.76. The van der Waals surface area contributed by atoms with Crippen molar-refractivity contribution < 1.29 is 14.2 Å². The molecular formula is C14H27NO3. The Morgan fingerprint density at radius 1 is 1.22 bits per heavy atom. The highest BCUT2D eigenvalue weighted by molar-refractivity contribution is 4.83.